The third-order valence-corrected chi connectivity index (χ3v) is 3.58. The lowest BCUT2D eigenvalue weighted by molar-refractivity contribution is -0.121. The van der Waals surface area contributed by atoms with Crippen LogP contribution in [0.4, 0.5) is 0 Å². The van der Waals surface area contributed by atoms with E-state index in [0.29, 0.717) is 18.2 Å². The predicted octanol–water partition coefficient (Wildman–Crippen LogP) is 1.58. The van der Waals surface area contributed by atoms with Gasteiger partial charge in [0, 0.05) is 12.1 Å². The molecule has 0 bridgehead atoms. The summed E-state index contributed by atoms with van der Waals surface area (Å²) < 4.78 is 4.95. The first-order valence-corrected chi connectivity index (χ1v) is 6.60. The van der Waals surface area contributed by atoms with E-state index in [1.807, 2.05) is 6.92 Å². The third-order valence-electron chi connectivity index (χ3n) is 3.58. The zero-order valence-electron chi connectivity index (χ0n) is 11.2. The van der Waals surface area contributed by atoms with Gasteiger partial charge in [0.15, 0.2) is 0 Å². The molecule has 2 atom stereocenters. The molecule has 0 saturated heterocycles. The van der Waals surface area contributed by atoms with Gasteiger partial charge in [-0.1, -0.05) is 18.0 Å². The van der Waals surface area contributed by atoms with Crippen molar-refractivity contribution in [3.05, 3.63) is 17.5 Å². The number of nitrogens with zero attached hydrogens (tertiary/aromatic N) is 1. The third kappa shape index (κ3) is 4.51. The summed E-state index contributed by atoms with van der Waals surface area (Å²) in [5.74, 6) is 1.16. The number of nitrogens with one attached hydrogen (secondary N) is 1. The number of hydrogen-bond acceptors (Lipinski definition) is 4. The molecule has 19 heavy (non-hydrogen) atoms. The summed E-state index contributed by atoms with van der Waals surface area (Å²) in [4.78, 5) is 11.9. The highest BCUT2D eigenvalue weighted by Crippen LogP contribution is 2.23. The second-order valence-corrected chi connectivity index (χ2v) is 5.06. The first kappa shape index (κ1) is 16.0. The Morgan fingerprint density at radius 1 is 1.53 bits per heavy atom. The number of carbonyl (C=O) groups is 1. The molecule has 6 heteroatoms. The topological polar surface area (TPSA) is 81.2 Å². The number of aryl methyl sites for hydroxylation is 1. The summed E-state index contributed by atoms with van der Waals surface area (Å²) in [6.07, 6.45) is 4.82. The Kier molecular flexibility index (Phi) is 6.31. The first-order chi connectivity index (χ1) is 8.69. The summed E-state index contributed by atoms with van der Waals surface area (Å²) in [5, 5.41) is 6.90. The average molecular weight is 288 g/mol. The van der Waals surface area contributed by atoms with Gasteiger partial charge >= 0.3 is 0 Å². The van der Waals surface area contributed by atoms with E-state index in [1.165, 1.54) is 12.8 Å². The van der Waals surface area contributed by atoms with E-state index < -0.39 is 0 Å². The van der Waals surface area contributed by atoms with Crippen LogP contribution >= 0.6 is 12.4 Å². The van der Waals surface area contributed by atoms with E-state index in [-0.39, 0.29) is 30.8 Å². The smallest absolute Gasteiger partial charge is 0.226 e. The summed E-state index contributed by atoms with van der Waals surface area (Å²) in [6, 6.07) is 2.02. The molecule has 5 nitrogen and oxygen atoms in total. The Labute approximate surface area is 119 Å². The molecule has 2 unspecified atom stereocenters. The number of rotatable bonds is 4. The summed E-state index contributed by atoms with van der Waals surface area (Å²) in [6.45, 7) is 2.47. The molecule has 0 aliphatic heterocycles. The average Bonchev–Trinajstić information content (AvgIpc) is 2.75. The molecular formula is C13H22ClN3O2. The van der Waals surface area contributed by atoms with Crippen LogP contribution in [0.5, 0.6) is 0 Å². The normalized spacial score (nSPS) is 22.6. The zero-order chi connectivity index (χ0) is 13.0. The summed E-state index contributed by atoms with van der Waals surface area (Å²) in [7, 11) is 0. The minimum Gasteiger partial charge on any atom is -0.361 e. The zero-order valence-corrected chi connectivity index (χ0v) is 12.0. The predicted molar refractivity (Wildman–Crippen MR) is 75.1 cm³/mol. The highest BCUT2D eigenvalue weighted by molar-refractivity contribution is 5.85. The van der Waals surface area contributed by atoms with Crippen molar-refractivity contribution in [2.45, 2.75) is 45.1 Å². The van der Waals surface area contributed by atoms with Gasteiger partial charge in [0.25, 0.3) is 0 Å². The number of aromatic nitrogens is 1. The quantitative estimate of drug-likeness (QED) is 0.881. The molecule has 108 valence electrons. The second kappa shape index (κ2) is 7.50. The lowest BCUT2D eigenvalue weighted by Crippen LogP contribution is -2.45. The summed E-state index contributed by atoms with van der Waals surface area (Å²) >= 11 is 0. The maximum absolute atomic E-state index is 11.9. The van der Waals surface area contributed by atoms with Crippen molar-refractivity contribution in [2.75, 3.05) is 6.54 Å². The number of halogens is 1. The van der Waals surface area contributed by atoms with Crippen molar-refractivity contribution in [3.8, 4) is 0 Å². The Balaban J connectivity index is 0.00000180. The molecule has 0 aromatic carbocycles. The molecule has 1 aromatic heterocycles. The van der Waals surface area contributed by atoms with E-state index in [4.69, 9.17) is 10.3 Å². The first-order valence-electron chi connectivity index (χ1n) is 6.60. The van der Waals surface area contributed by atoms with Crippen LogP contribution in [0, 0.1) is 12.8 Å². The van der Waals surface area contributed by atoms with Crippen molar-refractivity contribution in [3.63, 3.8) is 0 Å². The van der Waals surface area contributed by atoms with Crippen molar-refractivity contribution in [1.29, 1.82) is 0 Å². The minimum absolute atomic E-state index is 0. The van der Waals surface area contributed by atoms with Gasteiger partial charge < -0.3 is 15.6 Å². The Morgan fingerprint density at radius 2 is 2.26 bits per heavy atom. The fourth-order valence-corrected chi connectivity index (χ4v) is 2.60. The standard InChI is InChI=1S/C13H21N3O2.ClH/c1-9-6-11(16-18-9)7-13(17)15-12-5-3-2-4-10(12)8-14;/h6,10,12H,2-5,7-8,14H2,1H3,(H,15,17);1H. The van der Waals surface area contributed by atoms with E-state index in [0.717, 1.165) is 18.6 Å². The highest BCUT2D eigenvalue weighted by Gasteiger charge is 2.25. The maximum Gasteiger partial charge on any atom is 0.226 e. The van der Waals surface area contributed by atoms with Crippen LogP contribution in [0.2, 0.25) is 0 Å². The van der Waals surface area contributed by atoms with Crippen molar-refractivity contribution in [2.24, 2.45) is 11.7 Å². The maximum atomic E-state index is 11.9. The summed E-state index contributed by atoms with van der Waals surface area (Å²) in [5.41, 5.74) is 6.43. The van der Waals surface area contributed by atoms with Crippen LogP contribution < -0.4 is 11.1 Å². The van der Waals surface area contributed by atoms with E-state index in [9.17, 15) is 4.79 Å². The van der Waals surface area contributed by atoms with Crippen LogP contribution in [0.15, 0.2) is 10.6 Å². The second-order valence-electron chi connectivity index (χ2n) is 5.06. The number of hydrogen-bond donors (Lipinski definition) is 2. The van der Waals surface area contributed by atoms with Gasteiger partial charge in [0.05, 0.1) is 12.1 Å². The highest BCUT2D eigenvalue weighted by atomic mass is 35.5. The molecule has 2 rings (SSSR count). The van der Waals surface area contributed by atoms with Crippen LogP contribution in [-0.2, 0) is 11.2 Å². The molecular weight excluding hydrogens is 266 g/mol. The molecule has 1 heterocycles. The fraction of sp³-hybridized carbons (Fsp3) is 0.692. The molecule has 1 fully saturated rings. The molecule has 1 aliphatic rings. The number of amides is 1. The van der Waals surface area contributed by atoms with Gasteiger partial charge in [-0.3, -0.25) is 4.79 Å². The van der Waals surface area contributed by atoms with E-state index in [1.54, 1.807) is 6.07 Å². The van der Waals surface area contributed by atoms with Crippen LogP contribution in [0.1, 0.15) is 37.1 Å². The van der Waals surface area contributed by atoms with Crippen molar-refractivity contribution < 1.29 is 9.32 Å². The largest absolute Gasteiger partial charge is 0.361 e. The van der Waals surface area contributed by atoms with Gasteiger partial charge in [-0.05, 0) is 32.2 Å². The minimum atomic E-state index is 0. The SMILES string of the molecule is Cc1cc(CC(=O)NC2CCCCC2CN)no1.Cl. The molecule has 0 spiro atoms. The molecule has 0 radical (unpaired) electrons. The molecule has 1 saturated carbocycles. The van der Waals surface area contributed by atoms with Gasteiger partial charge in [0.2, 0.25) is 5.91 Å². The van der Waals surface area contributed by atoms with E-state index >= 15 is 0 Å². The lowest BCUT2D eigenvalue weighted by Gasteiger charge is -2.31. The number of nitrogens with two attached hydrogens (primary N) is 1. The van der Waals surface area contributed by atoms with Crippen molar-refractivity contribution in [1.82, 2.24) is 10.5 Å². The monoisotopic (exact) mass is 287 g/mol. The molecule has 3 N–H and O–H groups in total. The number of carbonyl (C=O) groups excluding carboxylic acids is 1. The Bertz CT molecular complexity index is 408. The van der Waals surface area contributed by atoms with Crippen LogP contribution in [0.25, 0.3) is 0 Å². The van der Waals surface area contributed by atoms with Gasteiger partial charge in [-0.25, -0.2) is 0 Å². The molecule has 1 aromatic rings. The molecule has 1 aliphatic carbocycles. The Hall–Kier alpha value is -1.07. The van der Waals surface area contributed by atoms with Gasteiger partial charge in [-0.15, -0.1) is 12.4 Å². The van der Waals surface area contributed by atoms with Gasteiger partial charge in [0.1, 0.15) is 5.76 Å². The lowest BCUT2D eigenvalue weighted by atomic mass is 9.84. The fourth-order valence-electron chi connectivity index (χ4n) is 2.60. The van der Waals surface area contributed by atoms with Crippen LogP contribution in [-0.4, -0.2) is 23.7 Å². The Morgan fingerprint density at radius 3 is 2.89 bits per heavy atom. The molecule has 1 amide bonds. The van der Waals surface area contributed by atoms with E-state index in [2.05, 4.69) is 10.5 Å². The van der Waals surface area contributed by atoms with Gasteiger partial charge in [-0.2, -0.15) is 0 Å². The van der Waals surface area contributed by atoms with Crippen LogP contribution in [0.3, 0.4) is 0 Å². The van der Waals surface area contributed by atoms with Crippen molar-refractivity contribution >= 4 is 18.3 Å².